The average Bonchev–Trinajstić information content (AvgIpc) is 3.03. The Morgan fingerprint density at radius 3 is 0.727 bits per heavy atom. The molecule has 0 heterocycles. The lowest BCUT2D eigenvalue weighted by atomic mass is 9.76. The molecule has 0 bridgehead atoms. The van der Waals surface area contributed by atoms with Crippen LogP contribution in [0.5, 0.6) is 0 Å². The van der Waals surface area contributed by atoms with Crippen molar-refractivity contribution < 1.29 is 0 Å². The summed E-state index contributed by atoms with van der Waals surface area (Å²) in [5.74, 6) is 0. The predicted octanol–water partition coefficient (Wildman–Crippen LogP) is 12.6. The molecule has 0 N–H and O–H groups in total. The van der Waals surface area contributed by atoms with Crippen molar-refractivity contribution in [1.29, 1.82) is 0 Å². The molecule has 44 heavy (non-hydrogen) atoms. The summed E-state index contributed by atoms with van der Waals surface area (Å²) in [5, 5.41) is 19.3. The third-order valence-electron chi connectivity index (χ3n) is 10.6. The molecular weight excluding hydrogens is 528 g/mol. The summed E-state index contributed by atoms with van der Waals surface area (Å²) in [4.78, 5) is 0. The Morgan fingerprint density at radius 2 is 0.455 bits per heavy atom. The first-order chi connectivity index (χ1) is 21.5. The van der Waals surface area contributed by atoms with Crippen LogP contribution in [0.2, 0.25) is 0 Å². The highest BCUT2D eigenvalue weighted by Gasteiger charge is 2.27. The lowest BCUT2D eigenvalue weighted by molar-refractivity contribution is 1.39. The summed E-state index contributed by atoms with van der Waals surface area (Å²) < 4.78 is 0. The Bertz CT molecular complexity index is 2420. The summed E-state index contributed by atoms with van der Waals surface area (Å²) in [6.07, 6.45) is 0. The standard InChI is InChI=1S/C44H30/c1-23-11-5-12-24(2)35(23)41-31-19-7-15-27-29-17-9-21-33-39(29)44-40-30(28-16-8-20-32(41)38(28)43(44)37(27)31)18-10-22-34(40)42(33)36-25(3)13-6-14-26(36)4/h5-22H,1-4H3. The second-order valence-corrected chi connectivity index (χ2v) is 12.9. The SMILES string of the molecule is Cc1cccc(C)c1-c1c2cccc3c4cccc5c(-c6c(C)cccc6C)c6cccc7c8cccc1c8c(c23)c(c54)c67. The van der Waals surface area contributed by atoms with Gasteiger partial charge in [0.1, 0.15) is 0 Å². The number of aryl methyl sites for hydroxylation is 4. The van der Waals surface area contributed by atoms with E-state index < -0.39 is 0 Å². The molecule has 0 fully saturated rings. The summed E-state index contributed by atoms with van der Waals surface area (Å²) in [6, 6.07) is 41.5. The van der Waals surface area contributed by atoms with Gasteiger partial charge in [-0.3, -0.25) is 0 Å². The van der Waals surface area contributed by atoms with Gasteiger partial charge in [-0.25, -0.2) is 0 Å². The molecule has 0 aromatic heterocycles. The van der Waals surface area contributed by atoms with Crippen LogP contribution in [0.1, 0.15) is 22.3 Å². The molecule has 10 aromatic carbocycles. The van der Waals surface area contributed by atoms with Gasteiger partial charge in [-0.1, -0.05) is 109 Å². The molecule has 0 unspecified atom stereocenters. The smallest absolute Gasteiger partial charge is 0.0000929 e. The molecule has 10 rings (SSSR count). The van der Waals surface area contributed by atoms with E-state index in [1.807, 2.05) is 0 Å². The van der Waals surface area contributed by atoms with E-state index in [0.717, 1.165) is 0 Å². The molecule has 0 spiro atoms. The molecule has 0 amide bonds. The number of fused-ring (bicyclic) bond motifs is 2. The van der Waals surface area contributed by atoms with Crippen LogP contribution >= 0.6 is 0 Å². The third-order valence-corrected chi connectivity index (χ3v) is 10.6. The summed E-state index contributed by atoms with van der Waals surface area (Å²) >= 11 is 0. The lowest BCUT2D eigenvalue weighted by Crippen LogP contribution is -1.99. The van der Waals surface area contributed by atoms with Gasteiger partial charge in [-0.15, -0.1) is 0 Å². The van der Waals surface area contributed by atoms with Gasteiger partial charge in [0.15, 0.2) is 0 Å². The normalized spacial score (nSPS) is 12.5. The van der Waals surface area contributed by atoms with Crippen LogP contribution in [0.4, 0.5) is 0 Å². The van der Waals surface area contributed by atoms with Crippen molar-refractivity contribution >= 4 is 75.4 Å². The summed E-state index contributed by atoms with van der Waals surface area (Å²) in [6.45, 7) is 9.07. The van der Waals surface area contributed by atoms with E-state index in [2.05, 4.69) is 137 Å². The van der Waals surface area contributed by atoms with Crippen molar-refractivity contribution in [2.24, 2.45) is 0 Å². The van der Waals surface area contributed by atoms with Gasteiger partial charge < -0.3 is 0 Å². The van der Waals surface area contributed by atoms with Crippen LogP contribution in [0, 0.1) is 27.7 Å². The second-order valence-electron chi connectivity index (χ2n) is 12.9. The van der Waals surface area contributed by atoms with E-state index in [1.165, 1.54) is 120 Å². The first-order valence-electron chi connectivity index (χ1n) is 15.7. The lowest BCUT2D eigenvalue weighted by Gasteiger charge is -2.27. The van der Waals surface area contributed by atoms with Gasteiger partial charge in [-0.2, -0.15) is 0 Å². The topological polar surface area (TPSA) is 0 Å². The minimum atomic E-state index is 1.33. The van der Waals surface area contributed by atoms with Gasteiger partial charge in [-0.05, 0) is 148 Å². The number of benzene rings is 10. The van der Waals surface area contributed by atoms with Crippen molar-refractivity contribution in [3.63, 3.8) is 0 Å². The van der Waals surface area contributed by atoms with Gasteiger partial charge in [0, 0.05) is 0 Å². The minimum Gasteiger partial charge on any atom is -0.0617 e. The van der Waals surface area contributed by atoms with E-state index >= 15 is 0 Å². The van der Waals surface area contributed by atoms with E-state index in [4.69, 9.17) is 0 Å². The van der Waals surface area contributed by atoms with E-state index in [0.29, 0.717) is 0 Å². The van der Waals surface area contributed by atoms with Gasteiger partial charge in [0.2, 0.25) is 0 Å². The van der Waals surface area contributed by atoms with Crippen molar-refractivity contribution in [2.45, 2.75) is 27.7 Å². The largest absolute Gasteiger partial charge is 0.0617 e. The van der Waals surface area contributed by atoms with Gasteiger partial charge >= 0.3 is 0 Å². The van der Waals surface area contributed by atoms with E-state index in [-0.39, 0.29) is 0 Å². The van der Waals surface area contributed by atoms with E-state index in [9.17, 15) is 0 Å². The maximum absolute atomic E-state index is 2.37. The van der Waals surface area contributed by atoms with Crippen molar-refractivity contribution in [3.05, 3.63) is 131 Å². The molecule has 206 valence electrons. The molecule has 10 aromatic rings. The Balaban J connectivity index is 1.60. The van der Waals surface area contributed by atoms with Gasteiger partial charge in [0.05, 0.1) is 0 Å². The van der Waals surface area contributed by atoms with Crippen molar-refractivity contribution in [2.75, 3.05) is 0 Å². The van der Waals surface area contributed by atoms with Gasteiger partial charge in [0.25, 0.3) is 0 Å². The first-order valence-corrected chi connectivity index (χ1v) is 15.7. The average molecular weight is 559 g/mol. The van der Waals surface area contributed by atoms with Crippen LogP contribution in [0.3, 0.4) is 0 Å². The molecule has 0 aliphatic heterocycles. The zero-order valence-corrected chi connectivity index (χ0v) is 25.4. The molecular formula is C44H30. The molecule has 0 saturated carbocycles. The molecule has 0 saturated heterocycles. The number of hydrogen-bond donors (Lipinski definition) is 0. The van der Waals surface area contributed by atoms with Crippen LogP contribution in [-0.4, -0.2) is 0 Å². The maximum Gasteiger partial charge on any atom is -0.0000929 e. The Kier molecular flexibility index (Phi) is 4.55. The quantitative estimate of drug-likeness (QED) is 0.146. The monoisotopic (exact) mass is 558 g/mol. The Morgan fingerprint density at radius 1 is 0.227 bits per heavy atom. The van der Waals surface area contributed by atoms with Crippen LogP contribution < -0.4 is 0 Å². The van der Waals surface area contributed by atoms with Crippen molar-refractivity contribution in [1.82, 2.24) is 0 Å². The second kappa shape index (κ2) is 8.24. The third kappa shape index (κ3) is 2.76. The fourth-order valence-electron chi connectivity index (χ4n) is 9.01. The molecule has 0 atom stereocenters. The maximum atomic E-state index is 2.37. The summed E-state index contributed by atoms with van der Waals surface area (Å²) in [7, 11) is 0. The molecule has 0 heteroatoms. The Labute approximate surface area is 256 Å². The zero-order chi connectivity index (χ0) is 29.4. The molecule has 0 aliphatic carbocycles. The van der Waals surface area contributed by atoms with Crippen LogP contribution in [0.15, 0.2) is 109 Å². The fraction of sp³-hybridized carbons (Fsp3) is 0.0909. The Hall–Kier alpha value is -5.20. The van der Waals surface area contributed by atoms with Crippen LogP contribution in [0.25, 0.3) is 97.7 Å². The first kappa shape index (κ1) is 24.3. The highest BCUT2D eigenvalue weighted by molar-refractivity contribution is 6.51. The molecule has 0 aliphatic rings. The summed E-state index contributed by atoms with van der Waals surface area (Å²) in [5.41, 5.74) is 10.8. The van der Waals surface area contributed by atoms with Crippen molar-refractivity contribution in [3.8, 4) is 22.3 Å². The minimum absolute atomic E-state index is 1.33. The molecule has 0 nitrogen and oxygen atoms in total. The molecule has 0 radical (unpaired) electrons. The number of rotatable bonds is 2. The fourth-order valence-corrected chi connectivity index (χ4v) is 9.01. The highest BCUT2D eigenvalue weighted by Crippen LogP contribution is 2.56. The number of hydrogen-bond acceptors (Lipinski definition) is 0. The zero-order valence-electron chi connectivity index (χ0n) is 25.4. The van der Waals surface area contributed by atoms with Crippen LogP contribution in [-0.2, 0) is 0 Å². The van der Waals surface area contributed by atoms with E-state index in [1.54, 1.807) is 0 Å². The predicted molar refractivity (Wildman–Crippen MR) is 192 cm³/mol. The highest BCUT2D eigenvalue weighted by atomic mass is 14.3.